The minimum atomic E-state index is -0.547. The van der Waals surface area contributed by atoms with Gasteiger partial charge in [-0.05, 0) is 67.3 Å². The molecule has 157 valence electrons. The van der Waals surface area contributed by atoms with Crippen LogP contribution in [0.1, 0.15) is 44.8 Å². The number of rotatable bonds is 6. The fraction of sp³-hybridized carbons (Fsp3) is 0.385. The maximum Gasteiger partial charge on any atom is 0.118 e. The molecule has 1 aromatic heterocycles. The summed E-state index contributed by atoms with van der Waals surface area (Å²) in [4.78, 5) is 7.34. The van der Waals surface area contributed by atoms with Crippen LogP contribution in [0.4, 0.5) is 0 Å². The van der Waals surface area contributed by atoms with E-state index >= 15 is 0 Å². The predicted octanol–water partition coefficient (Wildman–Crippen LogP) is 5.41. The first-order valence-electron chi connectivity index (χ1n) is 10.8. The maximum atomic E-state index is 11.6. The molecule has 2 heterocycles. The minimum Gasteiger partial charge on any atom is -0.497 e. The number of para-hydroxylation sites is 1. The Hall–Kier alpha value is -2.43. The van der Waals surface area contributed by atoms with E-state index in [-0.39, 0.29) is 6.04 Å². The van der Waals surface area contributed by atoms with Crippen molar-refractivity contribution < 1.29 is 9.84 Å². The zero-order valence-electron chi connectivity index (χ0n) is 18.1. The molecule has 30 heavy (non-hydrogen) atoms. The summed E-state index contributed by atoms with van der Waals surface area (Å²) in [6, 6.07) is 18.3. The Morgan fingerprint density at radius 1 is 1.13 bits per heavy atom. The molecule has 1 fully saturated rings. The molecule has 2 unspecified atom stereocenters. The van der Waals surface area contributed by atoms with Gasteiger partial charge in [0.15, 0.2) is 0 Å². The Kier molecular flexibility index (Phi) is 6.35. The second kappa shape index (κ2) is 9.15. The highest BCUT2D eigenvalue weighted by Gasteiger charge is 2.31. The van der Waals surface area contributed by atoms with Crippen molar-refractivity contribution in [1.29, 1.82) is 0 Å². The van der Waals surface area contributed by atoms with Gasteiger partial charge in [0.25, 0.3) is 0 Å². The molecule has 2 atom stereocenters. The number of hydrogen-bond donors (Lipinski definition) is 1. The quantitative estimate of drug-likeness (QED) is 0.597. The van der Waals surface area contributed by atoms with E-state index in [0.717, 1.165) is 59.4 Å². The Morgan fingerprint density at radius 2 is 1.90 bits per heavy atom. The predicted molar refractivity (Wildman–Crippen MR) is 122 cm³/mol. The molecule has 0 amide bonds. The van der Waals surface area contributed by atoms with Gasteiger partial charge in [-0.1, -0.05) is 38.5 Å². The van der Waals surface area contributed by atoms with Crippen LogP contribution in [-0.2, 0) is 0 Å². The first kappa shape index (κ1) is 20.8. The molecule has 0 spiro atoms. The van der Waals surface area contributed by atoms with E-state index in [0.29, 0.717) is 0 Å². The van der Waals surface area contributed by atoms with Crippen molar-refractivity contribution in [1.82, 2.24) is 9.88 Å². The summed E-state index contributed by atoms with van der Waals surface area (Å²) in [7, 11) is 1.67. The highest BCUT2D eigenvalue weighted by Crippen LogP contribution is 2.35. The molecular formula is C26H31N2O2. The molecule has 3 aromatic rings. The number of aliphatic hydroxyl groups excluding tert-OH is 1. The topological polar surface area (TPSA) is 45.6 Å². The van der Waals surface area contributed by atoms with Gasteiger partial charge in [0.2, 0.25) is 0 Å². The molecule has 1 aliphatic rings. The van der Waals surface area contributed by atoms with Gasteiger partial charge >= 0.3 is 0 Å². The molecule has 1 saturated heterocycles. The largest absolute Gasteiger partial charge is 0.497 e. The smallest absolute Gasteiger partial charge is 0.118 e. The molecule has 4 heteroatoms. The first-order chi connectivity index (χ1) is 14.6. The second-order valence-corrected chi connectivity index (χ2v) is 8.53. The van der Waals surface area contributed by atoms with E-state index in [1.54, 1.807) is 7.11 Å². The van der Waals surface area contributed by atoms with Gasteiger partial charge in [0.1, 0.15) is 5.75 Å². The van der Waals surface area contributed by atoms with Crippen LogP contribution in [0.2, 0.25) is 0 Å². The van der Waals surface area contributed by atoms with Crippen molar-refractivity contribution in [2.24, 2.45) is 0 Å². The second-order valence-electron chi connectivity index (χ2n) is 8.53. The molecule has 0 aliphatic carbocycles. The number of methoxy groups -OCH3 is 1. The van der Waals surface area contributed by atoms with Gasteiger partial charge in [-0.15, -0.1) is 0 Å². The van der Waals surface area contributed by atoms with Crippen molar-refractivity contribution >= 4 is 10.9 Å². The minimum absolute atomic E-state index is 0.128. The Morgan fingerprint density at radius 3 is 2.63 bits per heavy atom. The normalized spacial score (nSPS) is 18.6. The summed E-state index contributed by atoms with van der Waals surface area (Å²) in [6.07, 6.45) is 2.83. The number of pyridine rings is 1. The monoisotopic (exact) mass is 403 g/mol. The molecule has 2 aromatic carbocycles. The van der Waals surface area contributed by atoms with E-state index < -0.39 is 6.10 Å². The number of nitrogens with zero attached hydrogens (tertiary/aromatic N) is 2. The van der Waals surface area contributed by atoms with Crippen LogP contribution in [-0.4, -0.2) is 41.2 Å². The van der Waals surface area contributed by atoms with Gasteiger partial charge in [-0.2, -0.15) is 0 Å². The highest BCUT2D eigenvalue weighted by molar-refractivity contribution is 5.85. The van der Waals surface area contributed by atoms with Crippen molar-refractivity contribution in [3.05, 3.63) is 66.1 Å². The summed E-state index contributed by atoms with van der Waals surface area (Å²) < 4.78 is 5.29. The van der Waals surface area contributed by atoms with Crippen LogP contribution in [0.3, 0.4) is 0 Å². The Labute approximate surface area is 179 Å². The molecular weight excluding hydrogens is 372 g/mol. The lowest BCUT2D eigenvalue weighted by molar-refractivity contribution is 0.0285. The average molecular weight is 404 g/mol. The van der Waals surface area contributed by atoms with E-state index in [4.69, 9.17) is 9.72 Å². The van der Waals surface area contributed by atoms with Crippen molar-refractivity contribution in [2.45, 2.75) is 45.3 Å². The maximum absolute atomic E-state index is 11.6. The summed E-state index contributed by atoms with van der Waals surface area (Å²) in [5.41, 5.74) is 3.79. The number of piperidine rings is 1. The van der Waals surface area contributed by atoms with Gasteiger partial charge in [-0.3, -0.25) is 4.90 Å². The fourth-order valence-corrected chi connectivity index (χ4v) is 4.54. The fourth-order valence-electron chi connectivity index (χ4n) is 4.54. The van der Waals surface area contributed by atoms with Crippen molar-refractivity contribution in [3.8, 4) is 17.0 Å². The highest BCUT2D eigenvalue weighted by atomic mass is 16.5. The van der Waals surface area contributed by atoms with Crippen LogP contribution in [0, 0.1) is 5.92 Å². The van der Waals surface area contributed by atoms with Crippen LogP contribution in [0.25, 0.3) is 22.2 Å². The lowest BCUT2D eigenvalue weighted by Gasteiger charge is -2.39. The van der Waals surface area contributed by atoms with Gasteiger partial charge in [0.05, 0.1) is 24.4 Å². The molecule has 0 saturated carbocycles. The van der Waals surface area contributed by atoms with Gasteiger partial charge in [0, 0.05) is 23.5 Å². The van der Waals surface area contributed by atoms with E-state index in [9.17, 15) is 5.11 Å². The summed E-state index contributed by atoms with van der Waals surface area (Å²) in [5, 5.41) is 12.6. The SMILES string of the molecule is COc1ccc(-c2cc(C(O)C3CCCCN3C[C](C)C)c3ccccc3n2)cc1. The number of benzene rings is 2. The molecule has 4 nitrogen and oxygen atoms in total. The van der Waals surface area contributed by atoms with Crippen molar-refractivity contribution in [2.75, 3.05) is 20.2 Å². The lowest BCUT2D eigenvalue weighted by atomic mass is 9.90. The van der Waals surface area contributed by atoms with Gasteiger partial charge < -0.3 is 9.84 Å². The number of ether oxygens (including phenoxy) is 1. The van der Waals surface area contributed by atoms with Gasteiger partial charge in [-0.25, -0.2) is 4.98 Å². The Bertz CT molecular complexity index is 984. The van der Waals surface area contributed by atoms with Crippen LogP contribution in [0.5, 0.6) is 5.75 Å². The third kappa shape index (κ3) is 4.35. The van der Waals surface area contributed by atoms with E-state index in [1.165, 1.54) is 12.3 Å². The average Bonchev–Trinajstić information content (AvgIpc) is 2.78. The summed E-state index contributed by atoms with van der Waals surface area (Å²) >= 11 is 0. The summed E-state index contributed by atoms with van der Waals surface area (Å²) in [6.45, 7) is 6.32. The van der Waals surface area contributed by atoms with E-state index in [2.05, 4.69) is 30.9 Å². The lowest BCUT2D eigenvalue weighted by Crippen LogP contribution is -2.44. The Balaban J connectivity index is 1.76. The molecule has 4 rings (SSSR count). The molecule has 1 N–H and O–H groups in total. The van der Waals surface area contributed by atoms with Crippen LogP contribution >= 0.6 is 0 Å². The molecule has 1 radical (unpaired) electrons. The number of hydrogen-bond acceptors (Lipinski definition) is 4. The standard InChI is InChI=1S/C26H31N2O2/c1-18(2)17-28-15-7-6-10-25(28)26(29)22-16-24(19-11-13-20(30-3)14-12-19)27-23-9-5-4-8-21(22)23/h4-5,8-9,11-14,16,25-26,29H,6-7,10,15,17H2,1-3H3. The number of fused-ring (bicyclic) bond motifs is 1. The zero-order chi connectivity index (χ0) is 21.1. The number of aliphatic hydroxyl groups is 1. The third-order valence-corrected chi connectivity index (χ3v) is 6.00. The van der Waals surface area contributed by atoms with Crippen molar-refractivity contribution in [3.63, 3.8) is 0 Å². The molecule has 0 bridgehead atoms. The number of aromatic nitrogens is 1. The van der Waals surface area contributed by atoms with Crippen LogP contribution in [0.15, 0.2) is 54.6 Å². The molecule has 1 aliphatic heterocycles. The zero-order valence-corrected chi connectivity index (χ0v) is 18.1. The van der Waals surface area contributed by atoms with Crippen LogP contribution < -0.4 is 4.74 Å². The third-order valence-electron chi connectivity index (χ3n) is 6.00. The number of likely N-dealkylation sites (tertiary alicyclic amines) is 1. The first-order valence-corrected chi connectivity index (χ1v) is 10.8. The summed E-state index contributed by atoms with van der Waals surface area (Å²) in [5.74, 6) is 2.21. The van der Waals surface area contributed by atoms with E-state index in [1.807, 2.05) is 42.5 Å².